The van der Waals surface area contributed by atoms with Crippen LogP contribution in [0.4, 0.5) is 0 Å². The van der Waals surface area contributed by atoms with Gasteiger partial charge in [-0.1, -0.05) is 18.2 Å². The summed E-state index contributed by atoms with van der Waals surface area (Å²) >= 11 is 0. The third-order valence-corrected chi connectivity index (χ3v) is 5.00. The summed E-state index contributed by atoms with van der Waals surface area (Å²) in [4.78, 5) is 40.1. The second-order valence-corrected chi connectivity index (χ2v) is 6.57. The molecular formula is C19H23N3O4. The lowest BCUT2D eigenvalue weighted by Crippen LogP contribution is -2.56. The molecule has 0 radical (unpaired) electrons. The fourth-order valence-electron chi connectivity index (χ4n) is 3.39. The Hall–Kier alpha value is -2.67. The molecule has 0 N–H and O–H groups in total. The van der Waals surface area contributed by atoms with Crippen molar-refractivity contribution in [1.82, 2.24) is 14.4 Å². The van der Waals surface area contributed by atoms with Crippen LogP contribution in [0.2, 0.25) is 0 Å². The highest BCUT2D eigenvalue weighted by Crippen LogP contribution is 2.17. The van der Waals surface area contributed by atoms with Crippen LogP contribution in [0.1, 0.15) is 12.5 Å². The highest BCUT2D eigenvalue weighted by atomic mass is 16.5. The van der Waals surface area contributed by atoms with E-state index in [0.717, 1.165) is 10.9 Å². The molecule has 3 rings (SSSR count). The van der Waals surface area contributed by atoms with E-state index >= 15 is 0 Å². The number of piperazine rings is 1. The van der Waals surface area contributed by atoms with Crippen molar-refractivity contribution in [3.8, 4) is 0 Å². The number of aryl methyl sites for hydroxylation is 1. The van der Waals surface area contributed by atoms with Gasteiger partial charge < -0.3 is 14.2 Å². The topological polar surface area (TPSA) is 71.8 Å². The molecule has 0 saturated carbocycles. The van der Waals surface area contributed by atoms with Gasteiger partial charge in [-0.2, -0.15) is 0 Å². The summed E-state index contributed by atoms with van der Waals surface area (Å²) in [7, 11) is 3.07. The number of ether oxygens (including phenoxy) is 1. The van der Waals surface area contributed by atoms with Crippen LogP contribution in [0.15, 0.2) is 35.1 Å². The quantitative estimate of drug-likeness (QED) is 0.755. The Morgan fingerprint density at radius 2 is 1.96 bits per heavy atom. The van der Waals surface area contributed by atoms with Gasteiger partial charge in [0.05, 0.1) is 18.7 Å². The van der Waals surface area contributed by atoms with Gasteiger partial charge in [0.1, 0.15) is 6.54 Å². The van der Waals surface area contributed by atoms with E-state index in [-0.39, 0.29) is 18.0 Å². The Labute approximate surface area is 151 Å². The van der Waals surface area contributed by atoms with Crippen molar-refractivity contribution < 1.29 is 14.3 Å². The number of esters is 1. The monoisotopic (exact) mass is 357 g/mol. The van der Waals surface area contributed by atoms with E-state index in [4.69, 9.17) is 0 Å². The van der Waals surface area contributed by atoms with Crippen LogP contribution in [0.25, 0.3) is 10.9 Å². The fourth-order valence-corrected chi connectivity index (χ4v) is 3.39. The minimum absolute atomic E-state index is 0.0365. The third kappa shape index (κ3) is 3.35. The summed E-state index contributed by atoms with van der Waals surface area (Å²) in [5.41, 5.74) is 1.49. The number of fused-ring (bicyclic) bond motifs is 1. The highest BCUT2D eigenvalue weighted by Gasteiger charge is 2.32. The van der Waals surface area contributed by atoms with Gasteiger partial charge in [0.25, 0.3) is 5.56 Å². The van der Waals surface area contributed by atoms with Crippen molar-refractivity contribution in [2.45, 2.75) is 19.5 Å². The lowest BCUT2D eigenvalue weighted by atomic mass is 10.1. The summed E-state index contributed by atoms with van der Waals surface area (Å²) < 4.78 is 6.28. The molecule has 7 nitrogen and oxygen atoms in total. The first-order chi connectivity index (χ1) is 12.4. The highest BCUT2D eigenvalue weighted by molar-refractivity contribution is 5.86. The number of hydrogen-bond acceptors (Lipinski definition) is 5. The van der Waals surface area contributed by atoms with Crippen molar-refractivity contribution >= 4 is 22.8 Å². The molecule has 1 aliphatic rings. The summed E-state index contributed by atoms with van der Waals surface area (Å²) in [6.45, 7) is 3.20. The summed E-state index contributed by atoms with van der Waals surface area (Å²) in [6.07, 6.45) is 0. The van der Waals surface area contributed by atoms with Crippen molar-refractivity contribution in [1.29, 1.82) is 0 Å². The average molecular weight is 357 g/mol. The van der Waals surface area contributed by atoms with Crippen molar-refractivity contribution in [3.63, 3.8) is 0 Å². The van der Waals surface area contributed by atoms with Gasteiger partial charge in [0, 0.05) is 32.2 Å². The normalized spacial score (nSPS) is 18.3. The Morgan fingerprint density at radius 3 is 2.69 bits per heavy atom. The number of nitrogens with zero attached hydrogens (tertiary/aromatic N) is 3. The molecule has 0 unspecified atom stereocenters. The van der Waals surface area contributed by atoms with Crippen LogP contribution in [-0.4, -0.2) is 59.0 Å². The van der Waals surface area contributed by atoms with E-state index in [1.165, 1.54) is 12.0 Å². The molecule has 1 atom stereocenters. The Balaban J connectivity index is 1.81. The molecule has 2 heterocycles. The molecule has 2 aromatic rings. The number of pyridine rings is 1. The SMILES string of the molecule is COC(=O)CN1CCN(Cc2cc3ccccc3n(C)c2=O)[C@H](C)C1=O. The second kappa shape index (κ2) is 7.29. The van der Waals surface area contributed by atoms with Gasteiger partial charge in [0.2, 0.25) is 5.91 Å². The van der Waals surface area contributed by atoms with Crippen LogP contribution in [-0.2, 0) is 27.9 Å². The number of rotatable bonds is 4. The van der Waals surface area contributed by atoms with Gasteiger partial charge in [-0.15, -0.1) is 0 Å². The number of aromatic nitrogens is 1. The maximum Gasteiger partial charge on any atom is 0.325 e. The zero-order valence-corrected chi connectivity index (χ0v) is 15.3. The van der Waals surface area contributed by atoms with E-state index < -0.39 is 12.0 Å². The Bertz CT molecular complexity index is 905. The molecule has 0 aliphatic carbocycles. The predicted molar refractivity (Wildman–Crippen MR) is 97.7 cm³/mol. The maximum atomic E-state index is 12.7. The minimum atomic E-state index is -0.428. The first-order valence-electron chi connectivity index (χ1n) is 8.59. The van der Waals surface area contributed by atoms with Gasteiger partial charge in [-0.3, -0.25) is 19.3 Å². The van der Waals surface area contributed by atoms with E-state index in [1.807, 2.05) is 35.2 Å². The molecule has 1 aromatic heterocycles. The Kier molecular flexibility index (Phi) is 5.08. The molecule has 1 aliphatic heterocycles. The van der Waals surface area contributed by atoms with Crippen LogP contribution in [0.3, 0.4) is 0 Å². The zero-order chi connectivity index (χ0) is 18.8. The number of para-hydroxylation sites is 1. The van der Waals surface area contributed by atoms with Gasteiger partial charge in [0.15, 0.2) is 0 Å². The van der Waals surface area contributed by atoms with E-state index in [2.05, 4.69) is 4.74 Å². The van der Waals surface area contributed by atoms with E-state index in [9.17, 15) is 14.4 Å². The smallest absolute Gasteiger partial charge is 0.325 e. The number of amides is 1. The molecule has 1 amide bonds. The standard InChI is InChI=1S/C19H23N3O4/c1-13-18(24)22(12-17(23)26-3)9-8-21(13)11-15-10-14-6-4-5-7-16(14)20(2)19(15)25/h4-7,10,13H,8-9,11-12H2,1-3H3/t13-/m1/s1. The van der Waals surface area contributed by atoms with Gasteiger partial charge in [-0.25, -0.2) is 0 Å². The summed E-state index contributed by atoms with van der Waals surface area (Å²) in [5.74, 6) is -0.554. The fraction of sp³-hybridized carbons (Fsp3) is 0.421. The largest absolute Gasteiger partial charge is 0.468 e. The zero-order valence-electron chi connectivity index (χ0n) is 15.3. The lowest BCUT2D eigenvalue weighted by Gasteiger charge is -2.38. The van der Waals surface area contributed by atoms with Crippen LogP contribution < -0.4 is 5.56 Å². The number of methoxy groups -OCH3 is 1. The first kappa shape index (κ1) is 18.1. The molecule has 1 saturated heterocycles. The van der Waals surface area contributed by atoms with Gasteiger partial charge in [-0.05, 0) is 24.4 Å². The Morgan fingerprint density at radius 1 is 1.23 bits per heavy atom. The molecule has 0 spiro atoms. The molecular weight excluding hydrogens is 334 g/mol. The molecule has 26 heavy (non-hydrogen) atoms. The van der Waals surface area contributed by atoms with Crippen LogP contribution >= 0.6 is 0 Å². The third-order valence-electron chi connectivity index (χ3n) is 5.00. The van der Waals surface area contributed by atoms with E-state index in [1.54, 1.807) is 18.5 Å². The summed E-state index contributed by atoms with van der Waals surface area (Å²) in [6, 6.07) is 9.23. The van der Waals surface area contributed by atoms with Crippen molar-refractivity contribution in [2.75, 3.05) is 26.7 Å². The van der Waals surface area contributed by atoms with Crippen LogP contribution in [0, 0.1) is 0 Å². The predicted octanol–water partition coefficient (Wildman–Crippen LogP) is 0.744. The number of benzene rings is 1. The lowest BCUT2D eigenvalue weighted by molar-refractivity contribution is -0.151. The maximum absolute atomic E-state index is 12.7. The molecule has 7 heteroatoms. The first-order valence-corrected chi connectivity index (χ1v) is 8.59. The number of carbonyl (C=O) groups excluding carboxylic acids is 2. The average Bonchev–Trinajstić information content (AvgIpc) is 2.65. The number of carbonyl (C=O) groups is 2. The molecule has 1 aromatic carbocycles. The second-order valence-electron chi connectivity index (χ2n) is 6.57. The number of hydrogen-bond donors (Lipinski definition) is 0. The molecule has 0 bridgehead atoms. The van der Waals surface area contributed by atoms with Crippen molar-refractivity contribution in [2.24, 2.45) is 7.05 Å². The molecule has 1 fully saturated rings. The summed E-state index contributed by atoms with van der Waals surface area (Å²) in [5, 5.41) is 0.993. The molecule has 138 valence electrons. The minimum Gasteiger partial charge on any atom is -0.468 e. The van der Waals surface area contributed by atoms with E-state index in [0.29, 0.717) is 25.2 Å². The van der Waals surface area contributed by atoms with Crippen LogP contribution in [0.5, 0.6) is 0 Å². The van der Waals surface area contributed by atoms with Crippen molar-refractivity contribution in [3.05, 3.63) is 46.2 Å². The van der Waals surface area contributed by atoms with Gasteiger partial charge >= 0.3 is 5.97 Å².